The molecule has 3 unspecified atom stereocenters. The zero-order chi connectivity index (χ0) is 13.0. The summed E-state index contributed by atoms with van der Waals surface area (Å²) < 4.78 is 5.52. The first-order valence-electron chi connectivity index (χ1n) is 7.24. The van der Waals surface area contributed by atoms with Gasteiger partial charge in [-0.05, 0) is 44.6 Å². The van der Waals surface area contributed by atoms with Crippen LogP contribution in [-0.4, -0.2) is 50.2 Å². The van der Waals surface area contributed by atoms with E-state index in [1.165, 1.54) is 6.42 Å². The van der Waals surface area contributed by atoms with Gasteiger partial charge in [-0.2, -0.15) is 0 Å². The van der Waals surface area contributed by atoms with Crippen LogP contribution in [0.25, 0.3) is 0 Å². The Labute approximate surface area is 110 Å². The van der Waals surface area contributed by atoms with E-state index in [4.69, 9.17) is 4.74 Å². The number of hydrogen-bond donors (Lipinski definition) is 1. The summed E-state index contributed by atoms with van der Waals surface area (Å²) in [6, 6.07) is 0.0134. The number of rotatable bonds is 3. The summed E-state index contributed by atoms with van der Waals surface area (Å²) in [5, 5.41) is 3.16. The number of carbonyl (C=O) groups is 1. The maximum absolute atomic E-state index is 12.4. The van der Waals surface area contributed by atoms with Gasteiger partial charge in [-0.15, -0.1) is 0 Å². The Morgan fingerprint density at radius 2 is 2.22 bits per heavy atom. The van der Waals surface area contributed by atoms with Crippen molar-refractivity contribution in [3.05, 3.63) is 0 Å². The van der Waals surface area contributed by atoms with Crippen molar-refractivity contribution in [1.82, 2.24) is 10.2 Å². The fourth-order valence-corrected chi connectivity index (χ4v) is 3.05. The molecule has 104 valence electrons. The predicted molar refractivity (Wildman–Crippen MR) is 71.4 cm³/mol. The number of likely N-dealkylation sites (N-methyl/N-ethyl adjacent to an activating group) is 1. The quantitative estimate of drug-likeness (QED) is 0.824. The maximum atomic E-state index is 12.4. The van der Waals surface area contributed by atoms with Crippen molar-refractivity contribution in [2.75, 3.05) is 33.4 Å². The molecule has 2 aliphatic rings. The highest BCUT2D eigenvalue weighted by Crippen LogP contribution is 2.21. The molecule has 0 aromatic heterocycles. The lowest BCUT2D eigenvalue weighted by Gasteiger charge is -2.31. The van der Waals surface area contributed by atoms with Crippen LogP contribution in [0.2, 0.25) is 0 Å². The highest BCUT2D eigenvalue weighted by molar-refractivity contribution is 5.82. The third-order valence-electron chi connectivity index (χ3n) is 4.17. The van der Waals surface area contributed by atoms with E-state index in [1.54, 1.807) is 0 Å². The molecule has 18 heavy (non-hydrogen) atoms. The van der Waals surface area contributed by atoms with Crippen LogP contribution in [0.1, 0.15) is 32.6 Å². The first kappa shape index (κ1) is 13.8. The number of nitrogens with zero attached hydrogens (tertiary/aromatic N) is 1. The molecule has 2 fully saturated rings. The molecule has 2 rings (SSSR count). The molecule has 2 saturated heterocycles. The van der Waals surface area contributed by atoms with Gasteiger partial charge in [0.1, 0.15) is 0 Å². The number of amides is 1. The molecule has 2 aliphatic heterocycles. The van der Waals surface area contributed by atoms with Crippen LogP contribution in [0.4, 0.5) is 0 Å². The number of likely N-dealkylation sites (tertiary alicyclic amines) is 1. The third kappa shape index (κ3) is 3.45. The fourth-order valence-electron chi connectivity index (χ4n) is 3.05. The minimum absolute atomic E-state index is 0.0134. The normalized spacial score (nSPS) is 34.4. The highest BCUT2D eigenvalue weighted by Gasteiger charge is 2.30. The lowest BCUT2D eigenvalue weighted by molar-refractivity contribution is -0.134. The van der Waals surface area contributed by atoms with Gasteiger partial charge in [0.15, 0.2) is 0 Å². The summed E-state index contributed by atoms with van der Waals surface area (Å²) in [6.45, 7) is 5.74. The van der Waals surface area contributed by atoms with E-state index in [0.717, 1.165) is 45.6 Å². The van der Waals surface area contributed by atoms with Gasteiger partial charge in [-0.25, -0.2) is 0 Å². The second-order valence-electron chi connectivity index (χ2n) is 5.85. The van der Waals surface area contributed by atoms with Crippen LogP contribution in [0, 0.1) is 11.8 Å². The van der Waals surface area contributed by atoms with Gasteiger partial charge in [-0.3, -0.25) is 4.79 Å². The molecule has 0 saturated carbocycles. The Morgan fingerprint density at radius 3 is 2.89 bits per heavy atom. The molecular weight excluding hydrogens is 228 g/mol. The van der Waals surface area contributed by atoms with Crippen molar-refractivity contribution in [2.24, 2.45) is 11.8 Å². The van der Waals surface area contributed by atoms with E-state index >= 15 is 0 Å². The molecule has 4 nitrogen and oxygen atoms in total. The summed E-state index contributed by atoms with van der Waals surface area (Å²) in [7, 11) is 1.89. The second-order valence-corrected chi connectivity index (χ2v) is 5.85. The van der Waals surface area contributed by atoms with E-state index in [9.17, 15) is 4.79 Å². The molecule has 1 N–H and O–H groups in total. The topological polar surface area (TPSA) is 41.6 Å². The van der Waals surface area contributed by atoms with Crippen LogP contribution in [-0.2, 0) is 9.53 Å². The van der Waals surface area contributed by atoms with E-state index in [0.29, 0.717) is 11.8 Å². The fraction of sp³-hybridized carbons (Fsp3) is 0.929. The molecule has 3 atom stereocenters. The van der Waals surface area contributed by atoms with Crippen molar-refractivity contribution in [1.29, 1.82) is 0 Å². The molecule has 0 radical (unpaired) electrons. The molecule has 0 aliphatic carbocycles. The van der Waals surface area contributed by atoms with Crippen molar-refractivity contribution in [2.45, 2.75) is 38.6 Å². The lowest BCUT2D eigenvalue weighted by Crippen LogP contribution is -2.46. The van der Waals surface area contributed by atoms with E-state index in [2.05, 4.69) is 17.1 Å². The van der Waals surface area contributed by atoms with Crippen LogP contribution in [0.5, 0.6) is 0 Å². The summed E-state index contributed by atoms with van der Waals surface area (Å²) in [5.74, 6) is 1.43. The standard InChI is InChI=1S/C14H26N2O2/c1-11-5-6-13(15-2)14(17)16(8-11)9-12-4-3-7-18-10-12/h11-13,15H,3-10H2,1-2H3. The first-order valence-corrected chi connectivity index (χ1v) is 7.24. The first-order chi connectivity index (χ1) is 8.70. The molecule has 0 aromatic carbocycles. The van der Waals surface area contributed by atoms with Gasteiger partial charge in [0.05, 0.1) is 12.6 Å². The Balaban J connectivity index is 1.96. The van der Waals surface area contributed by atoms with Crippen LogP contribution in [0.15, 0.2) is 0 Å². The Bertz CT molecular complexity index is 277. The molecule has 2 heterocycles. The summed E-state index contributed by atoms with van der Waals surface area (Å²) >= 11 is 0. The predicted octanol–water partition coefficient (Wildman–Crippen LogP) is 1.26. The lowest BCUT2D eigenvalue weighted by atomic mass is 10.0. The van der Waals surface area contributed by atoms with Crippen LogP contribution in [0.3, 0.4) is 0 Å². The zero-order valence-corrected chi connectivity index (χ0v) is 11.7. The summed E-state index contributed by atoms with van der Waals surface area (Å²) in [5.41, 5.74) is 0. The number of nitrogens with one attached hydrogen (secondary N) is 1. The van der Waals surface area contributed by atoms with Crippen LogP contribution < -0.4 is 5.32 Å². The zero-order valence-electron chi connectivity index (χ0n) is 11.7. The van der Waals surface area contributed by atoms with E-state index < -0.39 is 0 Å². The van der Waals surface area contributed by atoms with Gasteiger partial charge in [0.2, 0.25) is 5.91 Å². The van der Waals surface area contributed by atoms with Gasteiger partial charge in [-0.1, -0.05) is 6.92 Å². The molecule has 1 amide bonds. The summed E-state index contributed by atoms with van der Waals surface area (Å²) in [6.07, 6.45) is 4.43. The largest absolute Gasteiger partial charge is 0.381 e. The Morgan fingerprint density at radius 1 is 1.39 bits per heavy atom. The SMILES string of the molecule is CNC1CCC(C)CN(CC2CCCOC2)C1=O. The molecule has 0 spiro atoms. The molecule has 0 bridgehead atoms. The smallest absolute Gasteiger partial charge is 0.239 e. The minimum atomic E-state index is 0.0134. The van der Waals surface area contributed by atoms with Crippen molar-refractivity contribution in [3.8, 4) is 0 Å². The van der Waals surface area contributed by atoms with E-state index in [1.807, 2.05) is 7.05 Å². The maximum Gasteiger partial charge on any atom is 0.239 e. The van der Waals surface area contributed by atoms with Gasteiger partial charge >= 0.3 is 0 Å². The number of ether oxygens (including phenoxy) is 1. The van der Waals surface area contributed by atoms with Gasteiger partial charge < -0.3 is 15.0 Å². The van der Waals surface area contributed by atoms with Crippen molar-refractivity contribution < 1.29 is 9.53 Å². The molecular formula is C14H26N2O2. The van der Waals surface area contributed by atoms with Crippen molar-refractivity contribution >= 4 is 5.91 Å². The summed E-state index contributed by atoms with van der Waals surface area (Å²) in [4.78, 5) is 14.5. The number of hydrogen-bond acceptors (Lipinski definition) is 3. The average Bonchev–Trinajstić information content (AvgIpc) is 2.51. The monoisotopic (exact) mass is 254 g/mol. The highest BCUT2D eigenvalue weighted by atomic mass is 16.5. The van der Waals surface area contributed by atoms with Crippen LogP contribution >= 0.6 is 0 Å². The minimum Gasteiger partial charge on any atom is -0.381 e. The van der Waals surface area contributed by atoms with Gasteiger partial charge in [0.25, 0.3) is 0 Å². The van der Waals surface area contributed by atoms with E-state index in [-0.39, 0.29) is 11.9 Å². The molecule has 0 aromatic rings. The van der Waals surface area contributed by atoms with Crippen molar-refractivity contribution in [3.63, 3.8) is 0 Å². The molecule has 4 heteroatoms. The Kier molecular flexibility index (Phi) is 5.01. The van der Waals surface area contributed by atoms with Gasteiger partial charge in [0, 0.05) is 19.7 Å². The average molecular weight is 254 g/mol. The number of carbonyl (C=O) groups excluding carboxylic acids is 1. The Hall–Kier alpha value is -0.610. The second kappa shape index (κ2) is 6.53. The third-order valence-corrected chi connectivity index (χ3v) is 4.17.